The maximum atomic E-state index is 13.7. The van der Waals surface area contributed by atoms with Crippen LogP contribution in [0.4, 0.5) is 20.3 Å². The molecule has 8 heteroatoms. The van der Waals surface area contributed by atoms with Crippen LogP contribution in [-0.4, -0.2) is 49.1 Å². The third-order valence-corrected chi connectivity index (χ3v) is 4.48. The number of ether oxygens (including phenoxy) is 1. The molecule has 0 radical (unpaired) electrons. The molecule has 6 nitrogen and oxygen atoms in total. The van der Waals surface area contributed by atoms with E-state index >= 15 is 0 Å². The third-order valence-electron chi connectivity index (χ3n) is 4.48. The SMILES string of the molecule is CN(C)C(=O)c1cnc(N2CCC(Oc3ccc(F)cc3F)CC2)c(N)c1. The molecule has 2 aromatic rings. The zero-order valence-electron chi connectivity index (χ0n) is 15.3. The number of amides is 1. The molecule has 2 heterocycles. The van der Waals surface area contributed by atoms with Gasteiger partial charge >= 0.3 is 0 Å². The minimum absolute atomic E-state index is 0.0547. The Bertz CT molecular complexity index is 836. The van der Waals surface area contributed by atoms with Gasteiger partial charge in [-0.25, -0.2) is 13.8 Å². The van der Waals surface area contributed by atoms with Crippen LogP contribution in [0.2, 0.25) is 0 Å². The molecule has 1 aromatic heterocycles. The molecule has 1 amide bonds. The Hall–Kier alpha value is -2.90. The summed E-state index contributed by atoms with van der Waals surface area (Å²) in [7, 11) is 3.34. The summed E-state index contributed by atoms with van der Waals surface area (Å²) in [5.74, 6) is -0.818. The predicted octanol–water partition coefficient (Wildman–Crippen LogP) is 2.69. The van der Waals surface area contributed by atoms with Crippen molar-refractivity contribution >= 4 is 17.4 Å². The summed E-state index contributed by atoms with van der Waals surface area (Å²) in [6.45, 7) is 1.26. The van der Waals surface area contributed by atoms with Crippen LogP contribution >= 0.6 is 0 Å². The van der Waals surface area contributed by atoms with E-state index in [1.807, 2.05) is 4.90 Å². The number of rotatable bonds is 4. The first-order valence-corrected chi connectivity index (χ1v) is 8.69. The highest BCUT2D eigenvalue weighted by molar-refractivity contribution is 5.95. The lowest BCUT2D eigenvalue weighted by molar-refractivity contribution is 0.0827. The summed E-state index contributed by atoms with van der Waals surface area (Å²) in [4.78, 5) is 19.8. The maximum absolute atomic E-state index is 13.7. The molecule has 0 saturated carbocycles. The van der Waals surface area contributed by atoms with Crippen molar-refractivity contribution in [2.75, 3.05) is 37.8 Å². The highest BCUT2D eigenvalue weighted by Crippen LogP contribution is 2.27. The maximum Gasteiger partial charge on any atom is 0.254 e. The molecule has 27 heavy (non-hydrogen) atoms. The second-order valence-electron chi connectivity index (χ2n) is 6.72. The largest absolute Gasteiger partial charge is 0.487 e. The number of anilines is 2. The van der Waals surface area contributed by atoms with Crippen molar-refractivity contribution in [2.24, 2.45) is 0 Å². The number of hydrogen-bond acceptors (Lipinski definition) is 5. The van der Waals surface area contributed by atoms with E-state index in [0.29, 0.717) is 43.0 Å². The molecule has 2 N–H and O–H groups in total. The van der Waals surface area contributed by atoms with E-state index in [9.17, 15) is 13.6 Å². The summed E-state index contributed by atoms with van der Waals surface area (Å²) in [5, 5.41) is 0. The van der Waals surface area contributed by atoms with Gasteiger partial charge in [-0.2, -0.15) is 0 Å². The summed E-state index contributed by atoms with van der Waals surface area (Å²) < 4.78 is 32.4. The highest BCUT2D eigenvalue weighted by atomic mass is 19.1. The van der Waals surface area contributed by atoms with Crippen LogP contribution in [0.3, 0.4) is 0 Å². The van der Waals surface area contributed by atoms with E-state index in [1.54, 1.807) is 20.2 Å². The van der Waals surface area contributed by atoms with Crippen LogP contribution in [0, 0.1) is 11.6 Å². The number of nitrogens with zero attached hydrogens (tertiary/aromatic N) is 3. The number of aromatic nitrogens is 1. The van der Waals surface area contributed by atoms with Gasteiger partial charge in [-0.05, 0) is 18.2 Å². The molecule has 1 aromatic carbocycles. The number of nitrogen functional groups attached to an aromatic ring is 1. The number of nitrogens with two attached hydrogens (primary N) is 1. The van der Waals surface area contributed by atoms with Gasteiger partial charge < -0.3 is 20.3 Å². The fraction of sp³-hybridized carbons (Fsp3) is 0.368. The fourth-order valence-corrected chi connectivity index (χ4v) is 3.05. The van der Waals surface area contributed by atoms with E-state index in [0.717, 1.165) is 6.07 Å². The van der Waals surface area contributed by atoms with E-state index in [-0.39, 0.29) is 17.8 Å². The van der Waals surface area contributed by atoms with E-state index in [2.05, 4.69) is 4.98 Å². The number of pyridine rings is 1. The summed E-state index contributed by atoms with van der Waals surface area (Å²) in [6, 6.07) is 4.92. The average molecular weight is 376 g/mol. The minimum Gasteiger partial charge on any atom is -0.487 e. The number of piperidine rings is 1. The van der Waals surface area contributed by atoms with Crippen LogP contribution in [-0.2, 0) is 0 Å². The van der Waals surface area contributed by atoms with Gasteiger partial charge in [0.1, 0.15) is 11.9 Å². The average Bonchev–Trinajstić information content (AvgIpc) is 2.64. The van der Waals surface area contributed by atoms with E-state index < -0.39 is 11.6 Å². The van der Waals surface area contributed by atoms with Crippen molar-refractivity contribution in [2.45, 2.75) is 18.9 Å². The van der Waals surface area contributed by atoms with Crippen LogP contribution in [0.15, 0.2) is 30.5 Å². The number of carbonyl (C=O) groups excluding carboxylic acids is 1. The van der Waals surface area contributed by atoms with Gasteiger partial charge in [0.15, 0.2) is 17.4 Å². The van der Waals surface area contributed by atoms with Crippen molar-refractivity contribution in [3.8, 4) is 5.75 Å². The minimum atomic E-state index is -0.704. The molecular formula is C19H22F2N4O2. The Morgan fingerprint density at radius 1 is 1.26 bits per heavy atom. The first-order chi connectivity index (χ1) is 12.8. The molecular weight excluding hydrogens is 354 g/mol. The molecule has 3 rings (SSSR count). The second kappa shape index (κ2) is 7.77. The van der Waals surface area contributed by atoms with Gasteiger partial charge in [0.25, 0.3) is 5.91 Å². The number of hydrogen-bond donors (Lipinski definition) is 1. The Labute approximate surface area is 156 Å². The first-order valence-electron chi connectivity index (χ1n) is 8.69. The molecule has 1 saturated heterocycles. The Morgan fingerprint density at radius 2 is 1.96 bits per heavy atom. The fourth-order valence-electron chi connectivity index (χ4n) is 3.05. The molecule has 0 atom stereocenters. The standard InChI is InChI=1S/C19H22F2N4O2/c1-24(2)19(26)12-9-16(22)18(23-11-12)25-7-5-14(6-8-25)27-17-4-3-13(20)10-15(17)21/h3-4,9-11,14H,5-8,22H2,1-2H3. The van der Waals surface area contributed by atoms with Crippen LogP contribution in [0.25, 0.3) is 0 Å². The normalized spacial score (nSPS) is 14.9. The lowest BCUT2D eigenvalue weighted by Crippen LogP contribution is -2.39. The van der Waals surface area contributed by atoms with Crippen molar-refractivity contribution < 1.29 is 18.3 Å². The Kier molecular flexibility index (Phi) is 5.43. The van der Waals surface area contributed by atoms with Gasteiger partial charge in [0.2, 0.25) is 0 Å². The third kappa shape index (κ3) is 4.27. The van der Waals surface area contributed by atoms with Crippen LogP contribution < -0.4 is 15.4 Å². The molecule has 1 aliphatic rings. The van der Waals surface area contributed by atoms with Crippen molar-refractivity contribution in [3.63, 3.8) is 0 Å². The monoisotopic (exact) mass is 376 g/mol. The van der Waals surface area contributed by atoms with Gasteiger partial charge in [-0.3, -0.25) is 4.79 Å². The Balaban J connectivity index is 1.63. The molecule has 0 spiro atoms. The van der Waals surface area contributed by atoms with Crippen molar-refractivity contribution in [1.29, 1.82) is 0 Å². The summed E-state index contributed by atoms with van der Waals surface area (Å²) >= 11 is 0. The van der Waals surface area contributed by atoms with Gasteiger partial charge in [-0.15, -0.1) is 0 Å². The number of carbonyl (C=O) groups is 1. The zero-order valence-corrected chi connectivity index (χ0v) is 15.3. The van der Waals surface area contributed by atoms with Crippen molar-refractivity contribution in [1.82, 2.24) is 9.88 Å². The highest BCUT2D eigenvalue weighted by Gasteiger charge is 2.24. The predicted molar refractivity (Wildman–Crippen MR) is 98.9 cm³/mol. The van der Waals surface area contributed by atoms with Crippen LogP contribution in [0.5, 0.6) is 5.75 Å². The number of benzene rings is 1. The lowest BCUT2D eigenvalue weighted by Gasteiger charge is -2.33. The summed E-state index contributed by atoms with van der Waals surface area (Å²) in [6.07, 6.45) is 2.65. The first kappa shape index (κ1) is 18.9. The quantitative estimate of drug-likeness (QED) is 0.888. The van der Waals surface area contributed by atoms with E-state index in [1.165, 1.54) is 23.2 Å². The molecule has 1 fully saturated rings. The number of halogens is 2. The van der Waals surface area contributed by atoms with Crippen LogP contribution in [0.1, 0.15) is 23.2 Å². The second-order valence-corrected chi connectivity index (χ2v) is 6.72. The molecule has 0 bridgehead atoms. The molecule has 1 aliphatic heterocycles. The molecule has 144 valence electrons. The van der Waals surface area contributed by atoms with E-state index in [4.69, 9.17) is 10.5 Å². The Morgan fingerprint density at radius 3 is 2.56 bits per heavy atom. The van der Waals surface area contributed by atoms with Gasteiger partial charge in [0, 0.05) is 52.3 Å². The molecule has 0 aliphatic carbocycles. The van der Waals surface area contributed by atoms with Crippen molar-refractivity contribution in [3.05, 3.63) is 47.7 Å². The molecule has 0 unspecified atom stereocenters. The zero-order chi connectivity index (χ0) is 19.6. The topological polar surface area (TPSA) is 71.7 Å². The smallest absolute Gasteiger partial charge is 0.254 e. The lowest BCUT2D eigenvalue weighted by atomic mass is 10.1. The van der Waals surface area contributed by atoms with Gasteiger partial charge in [0.05, 0.1) is 11.3 Å². The van der Waals surface area contributed by atoms with Gasteiger partial charge in [-0.1, -0.05) is 0 Å². The summed E-state index contributed by atoms with van der Waals surface area (Å²) in [5.41, 5.74) is 6.96.